The highest BCUT2D eigenvalue weighted by Gasteiger charge is 2.15. The first-order chi connectivity index (χ1) is 11.5. The first kappa shape index (κ1) is 18.3. The summed E-state index contributed by atoms with van der Waals surface area (Å²) in [6.45, 7) is -0.167. The van der Waals surface area contributed by atoms with Gasteiger partial charge < -0.3 is 26.1 Å². The highest BCUT2D eigenvalue weighted by molar-refractivity contribution is 7.80. The molecule has 8 nitrogen and oxygen atoms in total. The van der Waals surface area contributed by atoms with Gasteiger partial charge in [0.25, 0.3) is 0 Å². The van der Waals surface area contributed by atoms with E-state index in [0.29, 0.717) is 17.4 Å². The molecule has 1 atom stereocenters. The van der Waals surface area contributed by atoms with Crippen LogP contribution >= 0.6 is 0 Å². The molecule has 134 valence electrons. The maximum Gasteiger partial charge on any atom is 0.404 e. The maximum absolute atomic E-state index is 11.4. The Morgan fingerprint density at radius 2 is 2.08 bits per heavy atom. The van der Waals surface area contributed by atoms with Crippen molar-refractivity contribution >= 4 is 34.4 Å². The molecule has 1 aromatic carbocycles. The highest BCUT2D eigenvalue weighted by Crippen LogP contribution is 2.29. The average molecular weight is 355 g/mol. The summed E-state index contributed by atoms with van der Waals surface area (Å²) in [6, 6.07) is 5.43. The Kier molecular flexibility index (Phi) is 6.68. The van der Waals surface area contributed by atoms with Gasteiger partial charge in [0.15, 0.2) is 0 Å². The predicted molar refractivity (Wildman–Crippen MR) is 93.2 cm³/mol. The van der Waals surface area contributed by atoms with Crippen molar-refractivity contribution in [2.24, 2.45) is 5.73 Å². The molecular weight excluding hydrogens is 332 g/mol. The van der Waals surface area contributed by atoms with Gasteiger partial charge in [-0.1, -0.05) is 19.3 Å². The Morgan fingerprint density at radius 1 is 1.38 bits per heavy atom. The van der Waals surface area contributed by atoms with Crippen LogP contribution in [0, 0.1) is 0 Å². The number of ether oxygens (including phenoxy) is 1. The molecule has 0 bridgehead atoms. The van der Waals surface area contributed by atoms with E-state index < -0.39 is 17.4 Å². The predicted octanol–water partition coefficient (Wildman–Crippen LogP) is 1.71. The Balaban J connectivity index is 2.04. The minimum Gasteiger partial charge on any atom is -0.755 e. The quantitative estimate of drug-likeness (QED) is 0.503. The molecule has 1 saturated carbocycles. The molecule has 1 aliphatic carbocycles. The van der Waals surface area contributed by atoms with E-state index in [-0.39, 0.29) is 13.2 Å². The molecule has 1 aliphatic rings. The van der Waals surface area contributed by atoms with E-state index in [4.69, 9.17) is 11.5 Å². The molecule has 9 heteroatoms. The number of nitrogens with two attached hydrogens (primary N) is 2. The van der Waals surface area contributed by atoms with Gasteiger partial charge in [0.1, 0.15) is 6.61 Å². The number of nitrogens with one attached hydrogen (secondary N) is 1. The summed E-state index contributed by atoms with van der Waals surface area (Å²) in [5, 5.41) is 3.42. The summed E-state index contributed by atoms with van der Waals surface area (Å²) in [5.74, 6) is 0. The summed E-state index contributed by atoms with van der Waals surface area (Å²) in [7, 11) is 0. The molecule has 2 rings (SSSR count). The third-order valence-electron chi connectivity index (χ3n) is 4.01. The van der Waals surface area contributed by atoms with Crippen molar-refractivity contribution < 1.29 is 18.3 Å². The molecule has 0 saturated heterocycles. The number of primary amides is 1. The number of rotatable bonds is 7. The zero-order valence-corrected chi connectivity index (χ0v) is 14.2. The van der Waals surface area contributed by atoms with Crippen molar-refractivity contribution in [3.8, 4) is 0 Å². The number of carbonyl (C=O) groups is 1. The average Bonchev–Trinajstić information content (AvgIpc) is 2.54. The lowest BCUT2D eigenvalue weighted by atomic mass is 9.95. The van der Waals surface area contributed by atoms with Crippen LogP contribution in [0.1, 0.15) is 32.1 Å². The lowest BCUT2D eigenvalue weighted by Crippen LogP contribution is -2.31. The summed E-state index contributed by atoms with van der Waals surface area (Å²) in [4.78, 5) is 10.6. The number of hydrogen-bond acceptors (Lipinski definition) is 6. The molecule has 0 aromatic heterocycles. The van der Waals surface area contributed by atoms with E-state index in [1.807, 2.05) is 0 Å². The standard InChI is InChI=1S/C15H24N4O4S/c16-13-10-12(19(24(21)22)8-9-23-15(17)20)6-7-14(13)18-11-4-2-1-3-5-11/h6-7,10-11,18H,1-5,8-9,16H2,(H2,17,20)(H,21,22)/p-1. The third-order valence-corrected chi connectivity index (χ3v) is 4.76. The molecule has 0 aliphatic heterocycles. The van der Waals surface area contributed by atoms with Gasteiger partial charge in [0.2, 0.25) is 0 Å². The number of anilines is 3. The van der Waals surface area contributed by atoms with Gasteiger partial charge >= 0.3 is 6.09 Å². The van der Waals surface area contributed by atoms with Crippen LogP contribution < -0.4 is 21.1 Å². The summed E-state index contributed by atoms with van der Waals surface area (Å²) < 4.78 is 28.4. The van der Waals surface area contributed by atoms with Gasteiger partial charge in [-0.3, -0.25) is 8.51 Å². The molecule has 0 heterocycles. The van der Waals surface area contributed by atoms with Gasteiger partial charge in [-0.05, 0) is 31.0 Å². The van der Waals surface area contributed by atoms with Crippen molar-refractivity contribution in [2.45, 2.75) is 38.1 Å². The smallest absolute Gasteiger partial charge is 0.404 e. The topological polar surface area (TPSA) is 134 Å². The molecule has 1 aromatic rings. The summed E-state index contributed by atoms with van der Waals surface area (Å²) >= 11 is -2.51. The van der Waals surface area contributed by atoms with Crippen molar-refractivity contribution in [2.75, 3.05) is 28.5 Å². The van der Waals surface area contributed by atoms with Crippen LogP contribution in [0.4, 0.5) is 21.9 Å². The molecule has 1 amide bonds. The van der Waals surface area contributed by atoms with Crippen molar-refractivity contribution in [1.82, 2.24) is 0 Å². The van der Waals surface area contributed by atoms with Crippen LogP contribution in [-0.2, 0) is 16.0 Å². The highest BCUT2D eigenvalue weighted by atomic mass is 32.2. The van der Waals surface area contributed by atoms with E-state index in [1.165, 1.54) is 19.3 Å². The second kappa shape index (κ2) is 8.74. The molecule has 1 unspecified atom stereocenters. The summed E-state index contributed by atoms with van der Waals surface area (Å²) in [5.41, 5.74) is 12.6. The van der Waals surface area contributed by atoms with E-state index in [1.54, 1.807) is 18.2 Å². The number of amides is 1. The number of nitrogens with zero attached hydrogens (tertiary/aromatic N) is 1. The molecule has 1 fully saturated rings. The normalized spacial score (nSPS) is 16.4. The fourth-order valence-electron chi connectivity index (χ4n) is 2.82. The van der Waals surface area contributed by atoms with E-state index in [2.05, 4.69) is 10.1 Å². The van der Waals surface area contributed by atoms with Crippen LogP contribution in [0.5, 0.6) is 0 Å². The van der Waals surface area contributed by atoms with Crippen LogP contribution in [0.3, 0.4) is 0 Å². The van der Waals surface area contributed by atoms with E-state index >= 15 is 0 Å². The zero-order chi connectivity index (χ0) is 17.5. The maximum atomic E-state index is 11.4. The van der Waals surface area contributed by atoms with Crippen LogP contribution in [-0.4, -0.2) is 34.0 Å². The lowest BCUT2D eigenvalue weighted by Gasteiger charge is -2.28. The number of carbonyl (C=O) groups excluding carboxylic acids is 1. The first-order valence-corrected chi connectivity index (χ1v) is 8.96. The van der Waals surface area contributed by atoms with Crippen LogP contribution in [0.25, 0.3) is 0 Å². The Morgan fingerprint density at radius 3 is 2.67 bits per heavy atom. The largest absolute Gasteiger partial charge is 0.755 e. The number of hydrogen-bond donors (Lipinski definition) is 3. The van der Waals surface area contributed by atoms with Gasteiger partial charge in [0.05, 0.1) is 23.6 Å². The zero-order valence-electron chi connectivity index (χ0n) is 13.4. The van der Waals surface area contributed by atoms with Crippen molar-refractivity contribution in [3.63, 3.8) is 0 Å². The van der Waals surface area contributed by atoms with Gasteiger partial charge in [-0.25, -0.2) is 4.79 Å². The van der Waals surface area contributed by atoms with E-state index in [9.17, 15) is 13.6 Å². The Hall–Kier alpha value is -2.00. The SMILES string of the molecule is NC(=O)OCCN(c1ccc(NC2CCCCC2)c(N)c1)S(=O)[O-]. The van der Waals surface area contributed by atoms with Crippen molar-refractivity contribution in [3.05, 3.63) is 18.2 Å². The second-order valence-electron chi connectivity index (χ2n) is 5.74. The van der Waals surface area contributed by atoms with Gasteiger partial charge in [-0.15, -0.1) is 0 Å². The number of benzene rings is 1. The molecule has 24 heavy (non-hydrogen) atoms. The first-order valence-electron chi connectivity index (χ1n) is 7.92. The fraction of sp³-hybridized carbons (Fsp3) is 0.533. The van der Waals surface area contributed by atoms with Crippen LogP contribution in [0.15, 0.2) is 18.2 Å². The van der Waals surface area contributed by atoms with Gasteiger partial charge in [-0.2, -0.15) is 0 Å². The Labute approximate surface area is 143 Å². The third kappa shape index (κ3) is 5.27. The minimum atomic E-state index is -2.51. The van der Waals surface area contributed by atoms with E-state index in [0.717, 1.165) is 22.8 Å². The summed E-state index contributed by atoms with van der Waals surface area (Å²) in [6.07, 6.45) is 4.96. The molecule has 0 radical (unpaired) electrons. The monoisotopic (exact) mass is 355 g/mol. The molecule has 0 spiro atoms. The second-order valence-corrected chi connectivity index (χ2v) is 6.61. The molecular formula is C15H23N4O4S-. The van der Waals surface area contributed by atoms with Crippen LogP contribution in [0.2, 0.25) is 0 Å². The fourth-order valence-corrected chi connectivity index (χ4v) is 3.33. The lowest BCUT2D eigenvalue weighted by molar-refractivity contribution is 0.160. The van der Waals surface area contributed by atoms with Crippen molar-refractivity contribution in [1.29, 1.82) is 0 Å². The molecule has 5 N–H and O–H groups in total. The Bertz CT molecular complexity index is 593. The van der Waals surface area contributed by atoms with Gasteiger partial charge in [0, 0.05) is 17.3 Å². The minimum absolute atomic E-state index is 0.0338. The number of nitrogen functional groups attached to an aromatic ring is 1.